The van der Waals surface area contributed by atoms with Crippen molar-refractivity contribution in [2.24, 2.45) is 0 Å². The van der Waals surface area contributed by atoms with Gasteiger partial charge in [0.1, 0.15) is 0 Å². The van der Waals surface area contributed by atoms with Crippen molar-refractivity contribution in [1.29, 1.82) is 0 Å². The van der Waals surface area contributed by atoms with Gasteiger partial charge in [-0.1, -0.05) is 18.0 Å². The summed E-state index contributed by atoms with van der Waals surface area (Å²) < 4.78 is 0. The van der Waals surface area contributed by atoms with Gasteiger partial charge in [-0.3, -0.25) is 14.4 Å². The maximum atomic E-state index is 11.9. The van der Waals surface area contributed by atoms with Crippen molar-refractivity contribution >= 4 is 29.3 Å². The molecule has 0 saturated carbocycles. The molecule has 0 bridgehead atoms. The molecule has 1 aromatic rings. The molecule has 0 spiro atoms. The van der Waals surface area contributed by atoms with Crippen LogP contribution in [-0.2, 0) is 9.59 Å². The highest BCUT2D eigenvalue weighted by Crippen LogP contribution is 2.11. The largest absolute Gasteiger partial charge is 0.356 e. The Hall–Kier alpha value is -2.08. The molecule has 7 heteroatoms. The SMILES string of the molecule is O=C(CCCNC(=O)c1ccc(Cl)cc1)NCCCN1CCCCCC1=O. The summed E-state index contributed by atoms with van der Waals surface area (Å²) in [5.41, 5.74) is 0.548. The van der Waals surface area contributed by atoms with Gasteiger partial charge in [0, 0.05) is 49.6 Å². The van der Waals surface area contributed by atoms with E-state index in [-0.39, 0.29) is 17.7 Å². The molecule has 0 aliphatic carbocycles. The molecule has 0 atom stereocenters. The van der Waals surface area contributed by atoms with Gasteiger partial charge in [-0.25, -0.2) is 0 Å². The smallest absolute Gasteiger partial charge is 0.251 e. The molecule has 148 valence electrons. The fourth-order valence-corrected chi connectivity index (χ4v) is 3.14. The third-order valence-corrected chi connectivity index (χ3v) is 4.82. The van der Waals surface area contributed by atoms with Gasteiger partial charge in [0.2, 0.25) is 11.8 Å². The van der Waals surface area contributed by atoms with Gasteiger partial charge in [0.25, 0.3) is 5.91 Å². The lowest BCUT2D eigenvalue weighted by Crippen LogP contribution is -2.34. The van der Waals surface area contributed by atoms with Gasteiger partial charge in [-0.2, -0.15) is 0 Å². The van der Waals surface area contributed by atoms with E-state index < -0.39 is 0 Å². The quantitative estimate of drug-likeness (QED) is 0.633. The summed E-state index contributed by atoms with van der Waals surface area (Å²) in [4.78, 5) is 37.6. The minimum absolute atomic E-state index is 0.0297. The number of amides is 3. The van der Waals surface area contributed by atoms with Crippen LogP contribution >= 0.6 is 11.6 Å². The van der Waals surface area contributed by atoms with E-state index in [1.165, 1.54) is 0 Å². The Morgan fingerprint density at radius 3 is 2.52 bits per heavy atom. The van der Waals surface area contributed by atoms with E-state index in [1.807, 2.05) is 4.90 Å². The second kappa shape index (κ2) is 11.6. The number of hydrogen-bond acceptors (Lipinski definition) is 3. The zero-order valence-corrected chi connectivity index (χ0v) is 16.4. The van der Waals surface area contributed by atoms with Crippen molar-refractivity contribution < 1.29 is 14.4 Å². The van der Waals surface area contributed by atoms with Gasteiger partial charge < -0.3 is 15.5 Å². The molecule has 1 saturated heterocycles. The maximum absolute atomic E-state index is 11.9. The highest BCUT2D eigenvalue weighted by Gasteiger charge is 2.15. The molecule has 2 N–H and O–H groups in total. The predicted molar refractivity (Wildman–Crippen MR) is 106 cm³/mol. The van der Waals surface area contributed by atoms with Crippen molar-refractivity contribution in [3.63, 3.8) is 0 Å². The number of carbonyl (C=O) groups excluding carboxylic acids is 3. The molecular weight excluding hydrogens is 366 g/mol. The first-order valence-electron chi connectivity index (χ1n) is 9.64. The van der Waals surface area contributed by atoms with Crippen LogP contribution in [0.5, 0.6) is 0 Å². The summed E-state index contributed by atoms with van der Waals surface area (Å²) in [6.07, 6.45) is 5.53. The van der Waals surface area contributed by atoms with Gasteiger partial charge in [-0.05, 0) is 49.9 Å². The third kappa shape index (κ3) is 7.99. The van der Waals surface area contributed by atoms with E-state index in [4.69, 9.17) is 11.6 Å². The van der Waals surface area contributed by atoms with E-state index in [0.29, 0.717) is 49.5 Å². The standard InChI is InChI=1S/C20H28ClN3O3/c21-17-10-8-16(9-11-17)20(27)23-12-4-6-18(25)22-13-5-15-24-14-3-1-2-7-19(24)26/h8-11H,1-7,12-15H2,(H,22,25)(H,23,27). The van der Waals surface area contributed by atoms with Crippen LogP contribution in [0.15, 0.2) is 24.3 Å². The van der Waals surface area contributed by atoms with Crippen LogP contribution in [0.2, 0.25) is 5.02 Å². The second-order valence-electron chi connectivity index (χ2n) is 6.76. The average Bonchev–Trinajstić information content (AvgIpc) is 2.87. The van der Waals surface area contributed by atoms with Crippen LogP contribution in [-0.4, -0.2) is 48.8 Å². The molecule has 27 heavy (non-hydrogen) atoms. The summed E-state index contributed by atoms with van der Waals surface area (Å²) in [7, 11) is 0. The number of nitrogens with zero attached hydrogens (tertiary/aromatic N) is 1. The average molecular weight is 394 g/mol. The van der Waals surface area contributed by atoms with Crippen LogP contribution in [0.1, 0.15) is 55.3 Å². The second-order valence-corrected chi connectivity index (χ2v) is 7.20. The van der Waals surface area contributed by atoms with E-state index in [1.54, 1.807) is 24.3 Å². The van der Waals surface area contributed by atoms with Crippen molar-refractivity contribution in [3.05, 3.63) is 34.9 Å². The predicted octanol–water partition coefficient (Wildman–Crippen LogP) is 2.76. The number of benzene rings is 1. The normalized spacial score (nSPS) is 14.6. The number of likely N-dealkylation sites (tertiary alicyclic amines) is 1. The molecule has 3 amide bonds. The van der Waals surface area contributed by atoms with Crippen LogP contribution in [0, 0.1) is 0 Å². The van der Waals surface area contributed by atoms with E-state index in [0.717, 1.165) is 32.2 Å². The molecule has 0 radical (unpaired) electrons. The molecule has 1 fully saturated rings. The first-order valence-corrected chi connectivity index (χ1v) is 10.0. The lowest BCUT2D eigenvalue weighted by atomic mass is 10.2. The van der Waals surface area contributed by atoms with Crippen molar-refractivity contribution in [2.75, 3.05) is 26.2 Å². The van der Waals surface area contributed by atoms with Crippen LogP contribution in [0.4, 0.5) is 0 Å². The topological polar surface area (TPSA) is 78.5 Å². The van der Waals surface area contributed by atoms with Crippen molar-refractivity contribution in [2.45, 2.75) is 44.9 Å². The lowest BCUT2D eigenvalue weighted by Gasteiger charge is -2.20. The minimum atomic E-state index is -0.172. The number of carbonyl (C=O) groups is 3. The Morgan fingerprint density at radius 2 is 1.74 bits per heavy atom. The summed E-state index contributed by atoms with van der Waals surface area (Å²) in [6.45, 7) is 2.55. The molecule has 1 aromatic carbocycles. The Kier molecular flexibility index (Phi) is 9.11. The monoisotopic (exact) mass is 393 g/mol. The Bertz CT molecular complexity index is 634. The molecule has 6 nitrogen and oxygen atoms in total. The summed E-state index contributed by atoms with van der Waals surface area (Å²) in [6, 6.07) is 6.67. The lowest BCUT2D eigenvalue weighted by molar-refractivity contribution is -0.130. The fraction of sp³-hybridized carbons (Fsp3) is 0.550. The molecule has 0 unspecified atom stereocenters. The molecule has 2 rings (SSSR count). The molecule has 0 aromatic heterocycles. The number of halogens is 1. The maximum Gasteiger partial charge on any atom is 0.251 e. The Labute approximate surface area is 165 Å². The van der Waals surface area contributed by atoms with Crippen molar-refractivity contribution in [1.82, 2.24) is 15.5 Å². The number of rotatable bonds is 9. The van der Waals surface area contributed by atoms with Crippen LogP contribution in [0.3, 0.4) is 0 Å². The van der Waals surface area contributed by atoms with Crippen LogP contribution in [0.25, 0.3) is 0 Å². The number of nitrogens with one attached hydrogen (secondary N) is 2. The Morgan fingerprint density at radius 1 is 1.00 bits per heavy atom. The van der Waals surface area contributed by atoms with E-state index >= 15 is 0 Å². The van der Waals surface area contributed by atoms with Crippen molar-refractivity contribution in [3.8, 4) is 0 Å². The number of hydrogen-bond donors (Lipinski definition) is 2. The zero-order chi connectivity index (χ0) is 19.5. The van der Waals surface area contributed by atoms with E-state index in [2.05, 4.69) is 10.6 Å². The highest BCUT2D eigenvalue weighted by molar-refractivity contribution is 6.30. The fourth-order valence-electron chi connectivity index (χ4n) is 3.02. The summed E-state index contributed by atoms with van der Waals surface area (Å²) in [5, 5.41) is 6.25. The molecule has 1 aliphatic rings. The van der Waals surface area contributed by atoms with Gasteiger partial charge in [0.05, 0.1) is 0 Å². The van der Waals surface area contributed by atoms with E-state index in [9.17, 15) is 14.4 Å². The molecule has 1 heterocycles. The minimum Gasteiger partial charge on any atom is -0.356 e. The van der Waals surface area contributed by atoms with Gasteiger partial charge in [0.15, 0.2) is 0 Å². The van der Waals surface area contributed by atoms with Crippen LogP contribution < -0.4 is 10.6 Å². The summed E-state index contributed by atoms with van der Waals surface area (Å²) in [5.74, 6) is 0.0300. The molecule has 1 aliphatic heterocycles. The molecular formula is C20H28ClN3O3. The van der Waals surface area contributed by atoms with Gasteiger partial charge >= 0.3 is 0 Å². The zero-order valence-electron chi connectivity index (χ0n) is 15.6. The first-order chi connectivity index (χ1) is 13.1. The first kappa shape index (κ1) is 21.2. The van der Waals surface area contributed by atoms with Gasteiger partial charge in [-0.15, -0.1) is 0 Å². The summed E-state index contributed by atoms with van der Waals surface area (Å²) >= 11 is 5.79. The third-order valence-electron chi connectivity index (χ3n) is 4.57. The Balaban J connectivity index is 1.52. The highest BCUT2D eigenvalue weighted by atomic mass is 35.5.